The van der Waals surface area contributed by atoms with Gasteiger partial charge < -0.3 is 14.6 Å². The molecule has 0 bridgehead atoms. The molecule has 2 rings (SSSR count). The highest BCUT2D eigenvalue weighted by atomic mass is 16.4. The fraction of sp³-hybridized carbons (Fsp3) is 0.800. The molecule has 0 aliphatic carbocycles. The second-order valence-corrected chi connectivity index (χ2v) is 5.91. The number of amides is 2. The van der Waals surface area contributed by atoms with Gasteiger partial charge in [0.05, 0.1) is 0 Å². The van der Waals surface area contributed by atoms with Crippen LogP contribution >= 0.6 is 0 Å². The topological polar surface area (TPSA) is 74.5 Å². The van der Waals surface area contributed by atoms with Gasteiger partial charge >= 0.3 is 6.03 Å². The van der Waals surface area contributed by atoms with Gasteiger partial charge in [0.2, 0.25) is 11.8 Å². The largest absolute Gasteiger partial charge is 0.423 e. The Labute approximate surface area is 132 Å². The van der Waals surface area contributed by atoms with E-state index in [4.69, 9.17) is 4.42 Å². The molecule has 1 aromatic rings. The summed E-state index contributed by atoms with van der Waals surface area (Å²) in [5.74, 6) is 1.07. The monoisotopic (exact) mass is 309 g/mol. The van der Waals surface area contributed by atoms with Crippen LogP contribution in [0.1, 0.15) is 44.9 Å². The fourth-order valence-corrected chi connectivity index (χ4v) is 2.70. The minimum absolute atomic E-state index is 0.110. The first-order valence-corrected chi connectivity index (χ1v) is 8.14. The molecule has 1 N–H and O–H groups in total. The molecule has 1 atom stereocenters. The zero-order chi connectivity index (χ0) is 15.9. The van der Waals surface area contributed by atoms with E-state index in [1.54, 1.807) is 11.9 Å². The summed E-state index contributed by atoms with van der Waals surface area (Å²) in [5, 5.41) is 10.8. The minimum atomic E-state index is -0.110. The van der Waals surface area contributed by atoms with Gasteiger partial charge in [-0.2, -0.15) is 0 Å². The Kier molecular flexibility index (Phi) is 6.18. The van der Waals surface area contributed by atoms with E-state index in [1.807, 2.05) is 6.92 Å². The van der Waals surface area contributed by atoms with Crippen molar-refractivity contribution in [2.75, 3.05) is 26.7 Å². The highest BCUT2D eigenvalue weighted by Crippen LogP contribution is 2.15. The Balaban J connectivity index is 1.69. The number of urea groups is 1. The van der Waals surface area contributed by atoms with Crippen molar-refractivity contribution in [1.29, 1.82) is 0 Å². The number of piperidine rings is 1. The Hall–Kier alpha value is -1.63. The first-order valence-electron chi connectivity index (χ1n) is 8.14. The van der Waals surface area contributed by atoms with Crippen LogP contribution in [0.4, 0.5) is 4.79 Å². The lowest BCUT2D eigenvalue weighted by atomic mass is 10.0. The average molecular weight is 309 g/mol. The first kappa shape index (κ1) is 16.7. The number of carbonyl (C=O) groups is 1. The van der Waals surface area contributed by atoms with Crippen molar-refractivity contribution in [3.63, 3.8) is 0 Å². The molecule has 1 fully saturated rings. The van der Waals surface area contributed by atoms with Crippen molar-refractivity contribution in [3.05, 3.63) is 11.8 Å². The van der Waals surface area contributed by atoms with Gasteiger partial charge in [0.15, 0.2) is 0 Å². The standard InChI is InChI=1S/C15H27N5O2/c1-4-13-17-18-14(22-13)11-19(3)15(21)16-8-10-20-9-6-5-7-12(20)2/h12H,4-11H2,1-3H3,(H,16,21)/t12-/m1/s1. The molecule has 124 valence electrons. The van der Waals surface area contributed by atoms with E-state index in [2.05, 4.69) is 27.3 Å². The lowest BCUT2D eigenvalue weighted by Crippen LogP contribution is -2.44. The summed E-state index contributed by atoms with van der Waals surface area (Å²) in [6, 6.07) is 0.509. The van der Waals surface area contributed by atoms with Gasteiger partial charge in [0.1, 0.15) is 6.54 Å². The summed E-state index contributed by atoms with van der Waals surface area (Å²) in [6.07, 6.45) is 4.54. The molecule has 22 heavy (non-hydrogen) atoms. The number of hydrogen-bond donors (Lipinski definition) is 1. The van der Waals surface area contributed by atoms with Gasteiger partial charge in [-0.1, -0.05) is 13.3 Å². The van der Waals surface area contributed by atoms with Crippen LogP contribution in [0.3, 0.4) is 0 Å². The molecule has 0 unspecified atom stereocenters. The van der Waals surface area contributed by atoms with Gasteiger partial charge in [-0.05, 0) is 26.3 Å². The van der Waals surface area contributed by atoms with E-state index >= 15 is 0 Å². The van der Waals surface area contributed by atoms with Crippen molar-refractivity contribution in [2.45, 2.75) is 52.1 Å². The van der Waals surface area contributed by atoms with Crippen molar-refractivity contribution < 1.29 is 9.21 Å². The molecular formula is C15H27N5O2. The van der Waals surface area contributed by atoms with Crippen LogP contribution in [-0.2, 0) is 13.0 Å². The molecule has 1 aliphatic heterocycles. The summed E-state index contributed by atoms with van der Waals surface area (Å²) in [5.41, 5.74) is 0. The number of nitrogens with one attached hydrogen (secondary N) is 1. The third-order valence-corrected chi connectivity index (χ3v) is 4.15. The predicted octanol–water partition coefficient (Wildman–Crippen LogP) is 1.65. The van der Waals surface area contributed by atoms with E-state index in [0.717, 1.165) is 13.1 Å². The molecule has 0 saturated carbocycles. The van der Waals surface area contributed by atoms with E-state index in [0.29, 0.717) is 37.3 Å². The van der Waals surface area contributed by atoms with Crippen LogP contribution in [0.2, 0.25) is 0 Å². The molecule has 1 saturated heterocycles. The Morgan fingerprint density at radius 3 is 2.86 bits per heavy atom. The molecule has 0 radical (unpaired) electrons. The van der Waals surface area contributed by atoms with Gasteiger partial charge in [-0.15, -0.1) is 10.2 Å². The second kappa shape index (κ2) is 8.12. The minimum Gasteiger partial charge on any atom is -0.423 e. The van der Waals surface area contributed by atoms with Crippen LogP contribution in [0, 0.1) is 0 Å². The van der Waals surface area contributed by atoms with Crippen molar-refractivity contribution in [2.24, 2.45) is 0 Å². The number of aromatic nitrogens is 2. The molecule has 0 aromatic carbocycles. The van der Waals surface area contributed by atoms with Crippen LogP contribution in [-0.4, -0.2) is 58.8 Å². The third kappa shape index (κ3) is 4.69. The average Bonchev–Trinajstić information content (AvgIpc) is 2.96. The van der Waals surface area contributed by atoms with Crippen LogP contribution in [0.25, 0.3) is 0 Å². The normalized spacial score (nSPS) is 19.1. The quantitative estimate of drug-likeness (QED) is 0.865. The zero-order valence-electron chi connectivity index (χ0n) is 13.8. The molecular weight excluding hydrogens is 282 g/mol. The number of nitrogens with zero attached hydrogens (tertiary/aromatic N) is 4. The summed E-state index contributed by atoms with van der Waals surface area (Å²) in [6.45, 7) is 7.25. The number of rotatable bonds is 6. The van der Waals surface area contributed by atoms with E-state index in [-0.39, 0.29) is 6.03 Å². The summed E-state index contributed by atoms with van der Waals surface area (Å²) >= 11 is 0. The lowest BCUT2D eigenvalue weighted by molar-refractivity contribution is 0.158. The molecule has 0 spiro atoms. The van der Waals surface area contributed by atoms with Gasteiger partial charge in [0, 0.05) is 32.6 Å². The Morgan fingerprint density at radius 1 is 1.41 bits per heavy atom. The number of aryl methyl sites for hydroxylation is 1. The number of carbonyl (C=O) groups excluding carboxylic acids is 1. The molecule has 1 aromatic heterocycles. The highest BCUT2D eigenvalue weighted by molar-refractivity contribution is 5.73. The maximum absolute atomic E-state index is 12.1. The first-order chi connectivity index (χ1) is 10.6. The molecule has 2 heterocycles. The summed E-state index contributed by atoms with van der Waals surface area (Å²) in [4.78, 5) is 16.1. The van der Waals surface area contributed by atoms with Crippen molar-refractivity contribution >= 4 is 6.03 Å². The van der Waals surface area contributed by atoms with E-state index in [1.165, 1.54) is 19.3 Å². The van der Waals surface area contributed by atoms with E-state index < -0.39 is 0 Å². The van der Waals surface area contributed by atoms with Crippen LogP contribution < -0.4 is 5.32 Å². The SMILES string of the molecule is CCc1nnc(CN(C)C(=O)NCCN2CCCC[C@H]2C)o1. The smallest absolute Gasteiger partial charge is 0.317 e. The number of likely N-dealkylation sites (tertiary alicyclic amines) is 1. The van der Waals surface area contributed by atoms with Crippen molar-refractivity contribution in [3.8, 4) is 0 Å². The highest BCUT2D eigenvalue weighted by Gasteiger charge is 2.18. The zero-order valence-corrected chi connectivity index (χ0v) is 13.8. The molecule has 7 heteroatoms. The maximum atomic E-state index is 12.1. The Bertz CT molecular complexity index is 476. The molecule has 2 amide bonds. The lowest BCUT2D eigenvalue weighted by Gasteiger charge is -2.33. The van der Waals surface area contributed by atoms with Gasteiger partial charge in [0.25, 0.3) is 0 Å². The maximum Gasteiger partial charge on any atom is 0.317 e. The predicted molar refractivity (Wildman–Crippen MR) is 83.4 cm³/mol. The molecule has 1 aliphatic rings. The van der Waals surface area contributed by atoms with Gasteiger partial charge in [-0.3, -0.25) is 4.90 Å². The summed E-state index contributed by atoms with van der Waals surface area (Å²) in [7, 11) is 1.73. The van der Waals surface area contributed by atoms with Gasteiger partial charge in [-0.25, -0.2) is 4.79 Å². The van der Waals surface area contributed by atoms with Crippen LogP contribution in [0.15, 0.2) is 4.42 Å². The van der Waals surface area contributed by atoms with Crippen LogP contribution in [0.5, 0.6) is 0 Å². The molecule has 7 nitrogen and oxygen atoms in total. The third-order valence-electron chi connectivity index (χ3n) is 4.15. The Morgan fingerprint density at radius 2 is 2.18 bits per heavy atom. The van der Waals surface area contributed by atoms with E-state index in [9.17, 15) is 4.79 Å². The fourth-order valence-electron chi connectivity index (χ4n) is 2.70. The van der Waals surface area contributed by atoms with Crippen molar-refractivity contribution in [1.82, 2.24) is 25.3 Å². The number of hydrogen-bond acceptors (Lipinski definition) is 5. The second-order valence-electron chi connectivity index (χ2n) is 5.91. The summed E-state index contributed by atoms with van der Waals surface area (Å²) < 4.78 is 5.42.